The van der Waals surface area contributed by atoms with E-state index in [0.29, 0.717) is 0 Å². The number of allylic oxidation sites excluding steroid dienone is 2. The first kappa shape index (κ1) is 23.4. The largest absolute Gasteiger partial charge is 0.460 e. The predicted octanol–water partition coefficient (Wildman–Crippen LogP) is 1.46. The molecule has 0 atom stereocenters. The molecule has 0 fully saturated rings. The van der Waals surface area contributed by atoms with Crippen molar-refractivity contribution in [2.75, 3.05) is 19.8 Å². The molecule has 8 nitrogen and oxygen atoms in total. The van der Waals surface area contributed by atoms with Gasteiger partial charge in [0.25, 0.3) is 0 Å². The first-order valence-electron chi connectivity index (χ1n) is 6.77. The molecule has 0 amide bonds. The molecule has 0 spiro atoms. The lowest BCUT2D eigenvalue weighted by molar-refractivity contribution is -0.159. The van der Waals surface area contributed by atoms with Crippen molar-refractivity contribution in [3.8, 4) is 0 Å². The predicted molar refractivity (Wildman–Crippen MR) is 84.5 cm³/mol. The first-order valence-corrected chi connectivity index (χ1v) is 6.77. The fourth-order valence-corrected chi connectivity index (χ4v) is 0.806. The lowest BCUT2D eigenvalue weighted by Gasteiger charge is -2.05. The number of hydrogen-bond donors (Lipinski definition) is 0. The van der Waals surface area contributed by atoms with Gasteiger partial charge in [-0.05, 0) is 13.0 Å². The van der Waals surface area contributed by atoms with Crippen molar-refractivity contribution >= 4 is 23.9 Å². The van der Waals surface area contributed by atoms with Crippen LogP contribution >= 0.6 is 0 Å². The molecule has 0 radical (unpaired) electrons. The van der Waals surface area contributed by atoms with Gasteiger partial charge in [0.2, 0.25) is 0 Å². The Labute approximate surface area is 140 Å². The van der Waals surface area contributed by atoms with Crippen molar-refractivity contribution in [3.63, 3.8) is 0 Å². The van der Waals surface area contributed by atoms with Gasteiger partial charge in [-0.1, -0.05) is 19.2 Å². The summed E-state index contributed by atoms with van der Waals surface area (Å²) >= 11 is 0. The van der Waals surface area contributed by atoms with Gasteiger partial charge in [-0.3, -0.25) is 9.59 Å². The Hall–Kier alpha value is -2.90. The quantitative estimate of drug-likeness (QED) is 0.163. The van der Waals surface area contributed by atoms with Crippen molar-refractivity contribution in [2.45, 2.75) is 20.8 Å². The van der Waals surface area contributed by atoms with Crippen LogP contribution in [0.3, 0.4) is 0 Å². The van der Waals surface area contributed by atoms with E-state index in [4.69, 9.17) is 0 Å². The highest BCUT2D eigenvalue weighted by molar-refractivity contribution is 5.86. The van der Waals surface area contributed by atoms with Crippen LogP contribution in [0.25, 0.3) is 0 Å². The molecule has 0 aromatic carbocycles. The summed E-state index contributed by atoms with van der Waals surface area (Å²) in [6.07, 6.45) is 4.36. The minimum atomic E-state index is -0.693. The van der Waals surface area contributed by atoms with Crippen molar-refractivity contribution in [1.82, 2.24) is 0 Å². The monoisotopic (exact) mass is 342 g/mol. The van der Waals surface area contributed by atoms with Crippen LogP contribution in [0.4, 0.5) is 0 Å². The van der Waals surface area contributed by atoms with Gasteiger partial charge in [0.15, 0.2) is 6.61 Å². The Kier molecular flexibility index (Phi) is 14.6. The minimum Gasteiger partial charge on any atom is -0.460 e. The van der Waals surface area contributed by atoms with Gasteiger partial charge in [-0.25, -0.2) is 9.59 Å². The molecule has 24 heavy (non-hydrogen) atoms. The number of esters is 4. The molecular weight excluding hydrogens is 320 g/mol. The van der Waals surface area contributed by atoms with Gasteiger partial charge in [0.1, 0.15) is 13.2 Å². The fourth-order valence-electron chi connectivity index (χ4n) is 0.806. The van der Waals surface area contributed by atoms with Crippen LogP contribution in [0.2, 0.25) is 0 Å². The Morgan fingerprint density at radius 2 is 1.50 bits per heavy atom. The smallest absolute Gasteiger partial charge is 0.344 e. The Bertz CT molecular complexity index is 490. The lowest BCUT2D eigenvalue weighted by atomic mass is 10.4. The maximum absolute atomic E-state index is 10.9. The number of ether oxygens (including phenoxy) is 4. The highest BCUT2D eigenvalue weighted by Gasteiger charge is 2.06. The number of hydrogen-bond acceptors (Lipinski definition) is 8. The van der Waals surface area contributed by atoms with E-state index in [1.165, 1.54) is 33.1 Å². The van der Waals surface area contributed by atoms with E-state index in [-0.39, 0.29) is 24.8 Å². The molecular formula is C16H22O8. The highest BCUT2D eigenvalue weighted by Crippen LogP contribution is 1.92. The molecule has 0 aromatic rings. The second-order valence-corrected chi connectivity index (χ2v) is 4.09. The molecule has 0 saturated heterocycles. The first-order chi connectivity index (χ1) is 11.2. The maximum Gasteiger partial charge on any atom is 0.344 e. The van der Waals surface area contributed by atoms with Gasteiger partial charge < -0.3 is 18.9 Å². The Morgan fingerprint density at radius 1 is 0.917 bits per heavy atom. The summed E-state index contributed by atoms with van der Waals surface area (Å²) < 4.78 is 18.0. The summed E-state index contributed by atoms with van der Waals surface area (Å²) in [7, 11) is 0. The molecule has 0 aliphatic carbocycles. The van der Waals surface area contributed by atoms with E-state index in [1.807, 2.05) is 0 Å². The summed E-state index contributed by atoms with van der Waals surface area (Å²) in [6.45, 7) is 10.2. The topological polar surface area (TPSA) is 105 Å². The molecule has 0 aromatic heterocycles. The molecule has 134 valence electrons. The van der Waals surface area contributed by atoms with Crippen molar-refractivity contribution in [2.24, 2.45) is 0 Å². The average molecular weight is 342 g/mol. The molecule has 0 aliphatic rings. The van der Waals surface area contributed by atoms with Gasteiger partial charge in [0.05, 0.1) is 6.26 Å². The van der Waals surface area contributed by atoms with Crippen LogP contribution in [-0.2, 0) is 38.1 Å². The maximum atomic E-state index is 10.9. The van der Waals surface area contributed by atoms with Gasteiger partial charge in [0, 0.05) is 19.4 Å². The summed E-state index contributed by atoms with van der Waals surface area (Å²) in [5.41, 5.74) is 0.270. The number of rotatable bonds is 8. The zero-order valence-electron chi connectivity index (χ0n) is 14.0. The van der Waals surface area contributed by atoms with Crippen molar-refractivity contribution in [1.29, 1.82) is 0 Å². The van der Waals surface area contributed by atoms with Crippen LogP contribution < -0.4 is 0 Å². The Balaban J connectivity index is 0. The van der Waals surface area contributed by atoms with Crippen LogP contribution in [-0.4, -0.2) is 43.7 Å². The van der Waals surface area contributed by atoms with Crippen LogP contribution in [0.15, 0.2) is 37.1 Å². The third-order valence-electron chi connectivity index (χ3n) is 1.77. The molecule has 0 aliphatic heterocycles. The molecule has 0 unspecified atom stereocenters. The fraction of sp³-hybridized carbons (Fsp3) is 0.375. The molecule has 0 N–H and O–H groups in total. The van der Waals surface area contributed by atoms with Gasteiger partial charge in [-0.15, -0.1) is 0 Å². The van der Waals surface area contributed by atoms with E-state index < -0.39 is 24.5 Å². The van der Waals surface area contributed by atoms with E-state index in [2.05, 4.69) is 32.1 Å². The van der Waals surface area contributed by atoms with Crippen LogP contribution in [0.1, 0.15) is 20.8 Å². The molecule has 0 bridgehead atoms. The zero-order valence-corrected chi connectivity index (χ0v) is 14.0. The lowest BCUT2D eigenvalue weighted by Crippen LogP contribution is -2.18. The SMILES string of the molecule is C=C(C)C(=O)OCCOC(=O)COC(C)=O.C=C/C=C/OC(C)=O. The number of carbonyl (C=O) groups is 4. The zero-order chi connectivity index (χ0) is 19.0. The summed E-state index contributed by atoms with van der Waals surface area (Å²) in [5.74, 6) is -2.12. The minimum absolute atomic E-state index is 0.0580. The molecule has 0 saturated carbocycles. The molecule has 0 rings (SSSR count). The third kappa shape index (κ3) is 19.1. The molecule has 8 heteroatoms. The summed E-state index contributed by atoms with van der Waals surface area (Å²) in [6, 6.07) is 0. The van der Waals surface area contributed by atoms with E-state index in [1.54, 1.807) is 6.08 Å². The van der Waals surface area contributed by atoms with Gasteiger partial charge in [-0.2, -0.15) is 0 Å². The number of carbonyl (C=O) groups excluding carboxylic acids is 4. The van der Waals surface area contributed by atoms with Crippen molar-refractivity contribution in [3.05, 3.63) is 37.1 Å². The second-order valence-electron chi connectivity index (χ2n) is 4.09. The average Bonchev–Trinajstić information content (AvgIpc) is 2.49. The second kappa shape index (κ2) is 15.0. The summed E-state index contributed by atoms with van der Waals surface area (Å²) in [5, 5.41) is 0. The van der Waals surface area contributed by atoms with E-state index in [0.717, 1.165) is 0 Å². The highest BCUT2D eigenvalue weighted by atomic mass is 16.6. The third-order valence-corrected chi connectivity index (χ3v) is 1.77. The normalized spacial score (nSPS) is 9.12. The standard InChI is InChI=1S/C10H14O6.C6H8O2/c1-7(2)10(13)15-5-4-14-9(12)6-16-8(3)11;1-3-4-5-8-6(2)7/h1,4-6H2,2-3H3;3-5H,1H2,2H3/b;5-4+. The summed E-state index contributed by atoms with van der Waals surface area (Å²) in [4.78, 5) is 42.1. The van der Waals surface area contributed by atoms with E-state index >= 15 is 0 Å². The van der Waals surface area contributed by atoms with Crippen LogP contribution in [0, 0.1) is 0 Å². The van der Waals surface area contributed by atoms with Crippen molar-refractivity contribution < 1.29 is 38.1 Å². The molecule has 0 heterocycles. The Morgan fingerprint density at radius 3 is 1.96 bits per heavy atom. The van der Waals surface area contributed by atoms with Crippen LogP contribution in [0.5, 0.6) is 0 Å². The van der Waals surface area contributed by atoms with E-state index in [9.17, 15) is 19.2 Å². The van der Waals surface area contributed by atoms with Gasteiger partial charge >= 0.3 is 23.9 Å².